The van der Waals surface area contributed by atoms with Crippen molar-refractivity contribution in [2.24, 2.45) is 0 Å². The summed E-state index contributed by atoms with van der Waals surface area (Å²) in [5.41, 5.74) is -2.09. The lowest BCUT2D eigenvalue weighted by Crippen LogP contribution is -2.11. The van der Waals surface area contributed by atoms with Crippen LogP contribution < -0.4 is 0 Å². The van der Waals surface area contributed by atoms with Gasteiger partial charge in [0.2, 0.25) is 0 Å². The molecule has 5 nitrogen and oxygen atoms in total. The maximum Gasteiger partial charge on any atom is 0.433 e. The first-order chi connectivity index (χ1) is 7.80. The van der Waals surface area contributed by atoms with E-state index in [2.05, 4.69) is 22.7 Å². The average molecular weight is 262 g/mol. The van der Waals surface area contributed by atoms with Crippen molar-refractivity contribution >= 4 is 24.2 Å². The number of nitrogens with zero attached hydrogens (tertiary/aromatic N) is 3. The van der Waals surface area contributed by atoms with Gasteiger partial charge >= 0.3 is 12.1 Å². The van der Waals surface area contributed by atoms with Gasteiger partial charge in [-0.3, -0.25) is 0 Å². The minimum absolute atomic E-state index is 0.255. The molecular weight excluding hydrogens is 259 g/mol. The topological polar surface area (TPSA) is 67.5 Å². The van der Waals surface area contributed by atoms with Gasteiger partial charge in [0.25, 0.3) is 0 Å². The third-order valence-electron chi connectivity index (χ3n) is 1.96. The number of hydrogen-bond acceptors (Lipinski definition) is 3. The SMILES string of the molecule is O=C(O)c1cnn2c([S])cc(C(F)(F)F)nc12. The van der Waals surface area contributed by atoms with E-state index >= 15 is 0 Å². The number of alkyl halides is 3. The molecule has 0 aliphatic heterocycles. The second-order valence-electron chi connectivity index (χ2n) is 3.08. The number of carboxylic acids is 1. The Balaban J connectivity index is 2.78. The molecule has 0 aliphatic rings. The molecule has 2 aromatic rings. The van der Waals surface area contributed by atoms with Gasteiger partial charge in [0, 0.05) is 6.07 Å². The molecule has 0 amide bonds. The lowest BCUT2D eigenvalue weighted by atomic mass is 10.3. The Morgan fingerprint density at radius 1 is 1.47 bits per heavy atom. The van der Waals surface area contributed by atoms with Gasteiger partial charge in [-0.15, -0.1) is 0 Å². The van der Waals surface area contributed by atoms with E-state index in [-0.39, 0.29) is 5.03 Å². The minimum atomic E-state index is -4.69. The van der Waals surface area contributed by atoms with E-state index in [0.717, 1.165) is 10.7 Å². The lowest BCUT2D eigenvalue weighted by molar-refractivity contribution is -0.141. The number of fused-ring (bicyclic) bond motifs is 1. The van der Waals surface area contributed by atoms with Crippen LogP contribution in [0.25, 0.3) is 5.65 Å². The molecule has 2 rings (SSSR count). The molecule has 2 aromatic heterocycles. The first kappa shape index (κ1) is 11.6. The van der Waals surface area contributed by atoms with Gasteiger partial charge in [-0.1, -0.05) is 12.6 Å². The highest BCUT2D eigenvalue weighted by Gasteiger charge is 2.34. The van der Waals surface area contributed by atoms with Crippen molar-refractivity contribution in [1.29, 1.82) is 0 Å². The van der Waals surface area contributed by atoms with E-state index in [1.54, 1.807) is 0 Å². The van der Waals surface area contributed by atoms with E-state index < -0.39 is 29.1 Å². The second-order valence-corrected chi connectivity index (χ2v) is 3.49. The Bertz CT molecular complexity index is 608. The zero-order valence-corrected chi connectivity index (χ0v) is 8.71. The van der Waals surface area contributed by atoms with E-state index in [4.69, 9.17) is 5.11 Å². The molecule has 9 heteroatoms. The molecule has 0 fully saturated rings. The summed E-state index contributed by atoms with van der Waals surface area (Å²) in [6.45, 7) is 0. The van der Waals surface area contributed by atoms with Crippen molar-refractivity contribution in [1.82, 2.24) is 14.6 Å². The van der Waals surface area contributed by atoms with Gasteiger partial charge in [0.05, 0.1) is 6.20 Å². The summed E-state index contributed by atoms with van der Waals surface area (Å²) in [6, 6.07) is 0.626. The second kappa shape index (κ2) is 3.55. The fourth-order valence-electron chi connectivity index (χ4n) is 1.23. The number of carboxylic acid groups (broad SMARTS) is 1. The van der Waals surface area contributed by atoms with E-state index in [0.29, 0.717) is 6.07 Å². The Hall–Kier alpha value is -1.90. The van der Waals surface area contributed by atoms with Crippen LogP contribution in [0.5, 0.6) is 0 Å². The van der Waals surface area contributed by atoms with Crippen LogP contribution in [0, 0.1) is 0 Å². The summed E-state index contributed by atoms with van der Waals surface area (Å²) in [4.78, 5) is 14.0. The van der Waals surface area contributed by atoms with Gasteiger partial charge in [-0.25, -0.2) is 14.3 Å². The summed E-state index contributed by atoms with van der Waals surface area (Å²) >= 11 is 4.68. The fourth-order valence-corrected chi connectivity index (χ4v) is 1.48. The largest absolute Gasteiger partial charge is 0.477 e. The highest BCUT2D eigenvalue weighted by Crippen LogP contribution is 2.29. The van der Waals surface area contributed by atoms with Crippen molar-refractivity contribution in [2.75, 3.05) is 0 Å². The zero-order chi connectivity index (χ0) is 12.8. The van der Waals surface area contributed by atoms with Crippen LogP contribution in [-0.2, 0) is 6.18 Å². The van der Waals surface area contributed by atoms with Gasteiger partial charge in [-0.2, -0.15) is 18.3 Å². The number of halogens is 3. The molecule has 1 radical (unpaired) electrons. The number of aromatic nitrogens is 3. The normalized spacial score (nSPS) is 11.9. The molecule has 1 N–H and O–H groups in total. The third kappa shape index (κ3) is 1.88. The molecule has 0 atom stereocenters. The number of hydrogen-bond donors (Lipinski definition) is 1. The molecule has 0 spiro atoms. The molecule has 89 valence electrons. The van der Waals surface area contributed by atoms with Crippen LogP contribution in [0.4, 0.5) is 13.2 Å². The molecule has 17 heavy (non-hydrogen) atoms. The average Bonchev–Trinajstić information content (AvgIpc) is 2.60. The molecule has 0 saturated heterocycles. The van der Waals surface area contributed by atoms with Crippen LogP contribution in [0.15, 0.2) is 17.3 Å². The first-order valence-corrected chi connectivity index (χ1v) is 4.58. The maximum absolute atomic E-state index is 12.4. The lowest BCUT2D eigenvalue weighted by Gasteiger charge is -2.06. The van der Waals surface area contributed by atoms with E-state index in [1.165, 1.54) is 0 Å². The Morgan fingerprint density at radius 2 is 2.12 bits per heavy atom. The molecule has 0 saturated carbocycles. The highest BCUT2D eigenvalue weighted by atomic mass is 32.1. The zero-order valence-electron chi connectivity index (χ0n) is 7.89. The summed E-state index contributed by atoms with van der Waals surface area (Å²) in [7, 11) is 0. The standard InChI is InChI=1S/C8H3F3N3O2S/c9-8(10,11)4-1-5(17)14-6(13-4)3(2-12-14)7(15)16/h1-2H,(H,15,16). The summed E-state index contributed by atoms with van der Waals surface area (Å²) in [5, 5.41) is 12.1. The van der Waals surface area contributed by atoms with Crippen LogP contribution in [-0.4, -0.2) is 25.7 Å². The number of aromatic carboxylic acids is 1. The molecule has 2 heterocycles. The molecule has 0 aromatic carbocycles. The van der Waals surface area contributed by atoms with Crippen molar-refractivity contribution < 1.29 is 23.1 Å². The Kier molecular flexibility index (Phi) is 2.42. The van der Waals surface area contributed by atoms with Crippen LogP contribution in [0.1, 0.15) is 16.1 Å². The van der Waals surface area contributed by atoms with Crippen LogP contribution >= 0.6 is 12.6 Å². The summed E-state index contributed by atoms with van der Waals surface area (Å²) in [6.07, 6.45) is -3.78. The van der Waals surface area contributed by atoms with E-state index in [9.17, 15) is 18.0 Å². The Labute approximate surface area is 97.3 Å². The maximum atomic E-state index is 12.4. The van der Waals surface area contributed by atoms with Crippen LogP contribution in [0.2, 0.25) is 0 Å². The Morgan fingerprint density at radius 3 is 2.65 bits per heavy atom. The minimum Gasteiger partial charge on any atom is -0.477 e. The first-order valence-electron chi connectivity index (χ1n) is 4.17. The fraction of sp³-hybridized carbons (Fsp3) is 0.125. The van der Waals surface area contributed by atoms with Gasteiger partial charge in [0.1, 0.15) is 16.3 Å². The molecule has 0 bridgehead atoms. The van der Waals surface area contributed by atoms with Gasteiger partial charge in [-0.05, 0) is 0 Å². The van der Waals surface area contributed by atoms with Crippen molar-refractivity contribution in [3.63, 3.8) is 0 Å². The van der Waals surface area contributed by atoms with Crippen LogP contribution in [0.3, 0.4) is 0 Å². The van der Waals surface area contributed by atoms with Gasteiger partial charge < -0.3 is 5.11 Å². The molecule has 0 aliphatic carbocycles. The monoisotopic (exact) mass is 262 g/mol. The summed E-state index contributed by atoms with van der Waals surface area (Å²) < 4.78 is 38.2. The van der Waals surface area contributed by atoms with Crippen molar-refractivity contribution in [2.45, 2.75) is 11.2 Å². The van der Waals surface area contributed by atoms with Gasteiger partial charge in [0.15, 0.2) is 5.65 Å². The highest BCUT2D eigenvalue weighted by molar-refractivity contribution is 7.80. The third-order valence-corrected chi connectivity index (χ3v) is 2.25. The van der Waals surface area contributed by atoms with Crippen molar-refractivity contribution in [3.8, 4) is 0 Å². The summed E-state index contributed by atoms with van der Waals surface area (Å²) in [5.74, 6) is -1.42. The smallest absolute Gasteiger partial charge is 0.433 e. The molecule has 0 unspecified atom stereocenters. The predicted octanol–water partition coefficient (Wildman–Crippen LogP) is 2.00. The predicted molar refractivity (Wildman–Crippen MR) is 50.8 cm³/mol. The number of carbonyl (C=O) groups is 1. The van der Waals surface area contributed by atoms with Crippen molar-refractivity contribution in [3.05, 3.63) is 23.5 Å². The van der Waals surface area contributed by atoms with E-state index in [1.807, 2.05) is 0 Å². The molecular formula is C8H3F3N3O2S. The number of rotatable bonds is 1. The quantitative estimate of drug-likeness (QED) is 0.798.